The summed E-state index contributed by atoms with van der Waals surface area (Å²) in [5, 5.41) is 21.1. The predicted octanol–water partition coefficient (Wildman–Crippen LogP) is 2.63. The van der Waals surface area contributed by atoms with Crippen molar-refractivity contribution < 1.29 is 14.8 Å². The van der Waals surface area contributed by atoms with Gasteiger partial charge in [-0.3, -0.25) is 14.9 Å². The van der Waals surface area contributed by atoms with Gasteiger partial charge >= 0.3 is 5.69 Å². The summed E-state index contributed by atoms with van der Waals surface area (Å²) in [6.07, 6.45) is 1.72. The van der Waals surface area contributed by atoms with Gasteiger partial charge in [-0.2, -0.15) is 0 Å². The third-order valence-electron chi connectivity index (χ3n) is 3.75. The van der Waals surface area contributed by atoms with Crippen LogP contribution in [0.25, 0.3) is 0 Å². The van der Waals surface area contributed by atoms with Gasteiger partial charge in [-0.25, -0.2) is 0 Å². The normalized spacial score (nSPS) is 22.7. The van der Waals surface area contributed by atoms with E-state index in [1.165, 1.54) is 18.2 Å². The number of nitro benzene ring substituents is 1. The number of nitro groups is 1. The second kappa shape index (κ2) is 5.99. The van der Waals surface area contributed by atoms with Crippen LogP contribution in [0, 0.1) is 10.1 Å². The second-order valence-corrected chi connectivity index (χ2v) is 5.94. The Balaban J connectivity index is 2.28. The van der Waals surface area contributed by atoms with Crippen LogP contribution in [0.5, 0.6) is 0 Å². The Hall–Kier alpha value is -1.66. The van der Waals surface area contributed by atoms with Gasteiger partial charge < -0.3 is 10.0 Å². The molecule has 1 aromatic carbocycles. The minimum Gasteiger partial charge on any atom is -0.390 e. The molecule has 1 unspecified atom stereocenters. The van der Waals surface area contributed by atoms with E-state index in [0.717, 1.165) is 0 Å². The largest absolute Gasteiger partial charge is 0.390 e. The molecule has 0 spiro atoms. The summed E-state index contributed by atoms with van der Waals surface area (Å²) in [5.74, 6) is -0.415. The SMILES string of the molecule is CC1(O)CCCN(C(=O)c2cccc(Cl)c2[N+](=O)[O-])CC1. The number of para-hydroxylation sites is 1. The lowest BCUT2D eigenvalue weighted by atomic mass is 9.98. The quantitative estimate of drug-likeness (QED) is 0.672. The maximum Gasteiger partial charge on any atom is 0.300 e. The maximum absolute atomic E-state index is 12.5. The number of benzene rings is 1. The van der Waals surface area contributed by atoms with Crippen LogP contribution in [0.2, 0.25) is 5.02 Å². The van der Waals surface area contributed by atoms with Crippen LogP contribution in [0.1, 0.15) is 36.5 Å². The van der Waals surface area contributed by atoms with Gasteiger partial charge in [0.1, 0.15) is 10.6 Å². The number of likely N-dealkylation sites (tertiary alicyclic amines) is 1. The van der Waals surface area contributed by atoms with Crippen molar-refractivity contribution in [2.24, 2.45) is 0 Å². The number of rotatable bonds is 2. The fourth-order valence-electron chi connectivity index (χ4n) is 2.51. The van der Waals surface area contributed by atoms with Crippen molar-refractivity contribution in [2.75, 3.05) is 13.1 Å². The molecule has 21 heavy (non-hydrogen) atoms. The Bertz CT molecular complexity index is 574. The molecule has 1 aliphatic rings. The summed E-state index contributed by atoms with van der Waals surface area (Å²) in [7, 11) is 0. The molecule has 0 radical (unpaired) electrons. The first-order chi connectivity index (χ1) is 9.82. The molecule has 1 saturated heterocycles. The van der Waals surface area contributed by atoms with Crippen molar-refractivity contribution in [1.82, 2.24) is 4.90 Å². The number of carbonyl (C=O) groups excluding carboxylic acids is 1. The zero-order valence-corrected chi connectivity index (χ0v) is 12.5. The van der Waals surface area contributed by atoms with Crippen LogP contribution < -0.4 is 0 Å². The second-order valence-electron chi connectivity index (χ2n) is 5.54. The Kier molecular flexibility index (Phi) is 4.49. The molecule has 1 aromatic rings. The lowest BCUT2D eigenvalue weighted by Gasteiger charge is -2.22. The summed E-state index contributed by atoms with van der Waals surface area (Å²) in [6, 6.07) is 4.33. The monoisotopic (exact) mass is 312 g/mol. The van der Waals surface area contributed by atoms with E-state index in [0.29, 0.717) is 32.4 Å². The molecule has 114 valence electrons. The predicted molar refractivity (Wildman–Crippen MR) is 78.5 cm³/mol. The summed E-state index contributed by atoms with van der Waals surface area (Å²) in [5.41, 5.74) is -1.16. The highest BCUT2D eigenvalue weighted by Gasteiger charge is 2.31. The van der Waals surface area contributed by atoms with Crippen molar-refractivity contribution in [3.63, 3.8) is 0 Å². The molecule has 0 aliphatic carbocycles. The van der Waals surface area contributed by atoms with Crippen molar-refractivity contribution in [2.45, 2.75) is 31.8 Å². The van der Waals surface area contributed by atoms with Gasteiger partial charge in [-0.1, -0.05) is 17.7 Å². The van der Waals surface area contributed by atoms with Crippen LogP contribution in [0.3, 0.4) is 0 Å². The first kappa shape index (κ1) is 15.7. The highest BCUT2D eigenvalue weighted by atomic mass is 35.5. The molecule has 0 aromatic heterocycles. The van der Waals surface area contributed by atoms with E-state index in [4.69, 9.17) is 11.6 Å². The van der Waals surface area contributed by atoms with Gasteiger partial charge in [0.05, 0.1) is 10.5 Å². The minimum absolute atomic E-state index is 0.00552. The zero-order valence-electron chi connectivity index (χ0n) is 11.7. The van der Waals surface area contributed by atoms with Gasteiger partial charge in [-0.05, 0) is 38.3 Å². The Labute approximate surface area is 127 Å². The van der Waals surface area contributed by atoms with Crippen molar-refractivity contribution in [3.8, 4) is 0 Å². The van der Waals surface area contributed by atoms with Gasteiger partial charge in [-0.15, -0.1) is 0 Å². The molecule has 1 aliphatic heterocycles. The maximum atomic E-state index is 12.5. The molecule has 1 atom stereocenters. The average molecular weight is 313 g/mol. The van der Waals surface area contributed by atoms with Gasteiger partial charge in [0, 0.05) is 13.1 Å². The van der Waals surface area contributed by atoms with Gasteiger partial charge in [0.15, 0.2) is 0 Å². The molecule has 1 heterocycles. The Morgan fingerprint density at radius 3 is 2.81 bits per heavy atom. The molecule has 6 nitrogen and oxygen atoms in total. The third-order valence-corrected chi connectivity index (χ3v) is 4.06. The van der Waals surface area contributed by atoms with Crippen LogP contribution >= 0.6 is 11.6 Å². The standard InChI is InChI=1S/C14H17ClN2O4/c1-14(19)6-3-8-16(9-7-14)13(18)10-4-2-5-11(15)12(10)17(20)21/h2,4-5,19H,3,6-9H2,1H3. The fraction of sp³-hybridized carbons (Fsp3) is 0.500. The van der Waals surface area contributed by atoms with Crippen molar-refractivity contribution in [1.29, 1.82) is 0 Å². The number of carbonyl (C=O) groups is 1. The smallest absolute Gasteiger partial charge is 0.300 e. The summed E-state index contributed by atoms with van der Waals surface area (Å²) < 4.78 is 0. The number of aliphatic hydroxyl groups is 1. The number of hydrogen-bond donors (Lipinski definition) is 1. The molecule has 0 bridgehead atoms. The van der Waals surface area contributed by atoms with Gasteiger partial charge in [0.2, 0.25) is 0 Å². The molecule has 1 amide bonds. The Morgan fingerprint density at radius 1 is 1.43 bits per heavy atom. The van der Waals surface area contributed by atoms with Crippen molar-refractivity contribution in [3.05, 3.63) is 38.9 Å². The van der Waals surface area contributed by atoms with Crippen LogP contribution in [0.4, 0.5) is 5.69 Å². The molecule has 1 N–H and O–H groups in total. The summed E-state index contributed by atoms with van der Waals surface area (Å²) >= 11 is 5.83. The lowest BCUT2D eigenvalue weighted by molar-refractivity contribution is -0.385. The van der Waals surface area contributed by atoms with E-state index in [2.05, 4.69) is 0 Å². The van der Waals surface area contributed by atoms with Crippen LogP contribution in [0.15, 0.2) is 18.2 Å². The molecule has 2 rings (SSSR count). The topological polar surface area (TPSA) is 83.7 Å². The van der Waals surface area contributed by atoms with E-state index >= 15 is 0 Å². The van der Waals surface area contributed by atoms with E-state index in [1.54, 1.807) is 11.8 Å². The number of hydrogen-bond acceptors (Lipinski definition) is 4. The van der Waals surface area contributed by atoms with E-state index < -0.39 is 16.4 Å². The Morgan fingerprint density at radius 2 is 2.14 bits per heavy atom. The first-order valence-corrected chi connectivity index (χ1v) is 7.14. The van der Waals surface area contributed by atoms with E-state index in [1.807, 2.05) is 0 Å². The molecular formula is C14H17ClN2O4. The highest BCUT2D eigenvalue weighted by molar-refractivity contribution is 6.33. The average Bonchev–Trinajstić information content (AvgIpc) is 2.58. The lowest BCUT2D eigenvalue weighted by Crippen LogP contribution is -2.33. The number of halogens is 1. The van der Waals surface area contributed by atoms with Crippen molar-refractivity contribution >= 4 is 23.2 Å². The van der Waals surface area contributed by atoms with E-state index in [-0.39, 0.29) is 16.3 Å². The minimum atomic E-state index is -0.796. The van der Waals surface area contributed by atoms with Crippen LogP contribution in [-0.2, 0) is 0 Å². The summed E-state index contributed by atoms with van der Waals surface area (Å²) in [6.45, 7) is 2.58. The molecule has 0 saturated carbocycles. The van der Waals surface area contributed by atoms with E-state index in [9.17, 15) is 20.0 Å². The number of nitrogens with zero attached hydrogens (tertiary/aromatic N) is 2. The summed E-state index contributed by atoms with van der Waals surface area (Å²) in [4.78, 5) is 24.5. The highest BCUT2D eigenvalue weighted by Crippen LogP contribution is 2.30. The zero-order chi connectivity index (χ0) is 15.6. The molecular weight excluding hydrogens is 296 g/mol. The van der Waals surface area contributed by atoms with Gasteiger partial charge in [0.25, 0.3) is 5.91 Å². The number of amides is 1. The fourth-order valence-corrected chi connectivity index (χ4v) is 2.75. The third kappa shape index (κ3) is 3.51. The molecule has 7 heteroatoms. The first-order valence-electron chi connectivity index (χ1n) is 6.76. The van der Waals surface area contributed by atoms with Crippen LogP contribution in [-0.4, -0.2) is 39.5 Å². The molecule has 1 fully saturated rings.